The summed E-state index contributed by atoms with van der Waals surface area (Å²) in [5.41, 5.74) is 1.41. The standard InChI is InChI=1S/C15H15FN2OS/c1-9-5-6-12-13(7-9)20-15(17-12)18-14(19)10-3-2-4-11(16)8-10/h2-4,8-9H,5-7H2,1H3,(H,17,18,19)/t9-/m0/s1. The van der Waals surface area contributed by atoms with Crippen LogP contribution in [-0.2, 0) is 12.8 Å². The van der Waals surface area contributed by atoms with Crippen LogP contribution in [0.3, 0.4) is 0 Å². The molecule has 1 atom stereocenters. The van der Waals surface area contributed by atoms with E-state index in [9.17, 15) is 9.18 Å². The lowest BCUT2D eigenvalue weighted by molar-refractivity contribution is 0.102. The zero-order valence-electron chi connectivity index (χ0n) is 11.1. The number of rotatable bonds is 2. The molecule has 1 aromatic carbocycles. The highest BCUT2D eigenvalue weighted by atomic mass is 32.1. The lowest BCUT2D eigenvalue weighted by Gasteiger charge is -2.15. The molecule has 3 nitrogen and oxygen atoms in total. The highest BCUT2D eigenvalue weighted by Crippen LogP contribution is 2.32. The van der Waals surface area contributed by atoms with Gasteiger partial charge in [0.1, 0.15) is 5.82 Å². The molecule has 0 radical (unpaired) electrons. The van der Waals surface area contributed by atoms with E-state index in [1.807, 2.05) is 0 Å². The number of halogens is 1. The Morgan fingerprint density at radius 3 is 3.15 bits per heavy atom. The number of nitrogens with zero attached hydrogens (tertiary/aromatic N) is 1. The van der Waals surface area contributed by atoms with Crippen LogP contribution in [0.1, 0.15) is 34.3 Å². The SMILES string of the molecule is C[C@H]1CCc2nc(NC(=O)c3cccc(F)c3)sc2C1. The Balaban J connectivity index is 1.77. The summed E-state index contributed by atoms with van der Waals surface area (Å²) >= 11 is 1.53. The molecule has 5 heteroatoms. The highest BCUT2D eigenvalue weighted by Gasteiger charge is 2.20. The average molecular weight is 290 g/mol. The highest BCUT2D eigenvalue weighted by molar-refractivity contribution is 7.15. The topological polar surface area (TPSA) is 42.0 Å². The molecular formula is C15H15FN2OS. The largest absolute Gasteiger partial charge is 0.298 e. The molecule has 0 saturated heterocycles. The fraction of sp³-hybridized carbons (Fsp3) is 0.333. The number of hydrogen-bond acceptors (Lipinski definition) is 3. The second-order valence-corrected chi connectivity index (χ2v) is 6.28. The molecule has 0 saturated carbocycles. The summed E-state index contributed by atoms with van der Waals surface area (Å²) in [5.74, 6) is -0.0525. The Hall–Kier alpha value is -1.75. The van der Waals surface area contributed by atoms with Gasteiger partial charge in [0, 0.05) is 10.4 Å². The van der Waals surface area contributed by atoms with Crippen LogP contribution in [0.4, 0.5) is 9.52 Å². The summed E-state index contributed by atoms with van der Waals surface area (Å²) in [6.07, 6.45) is 3.15. The number of carbonyl (C=O) groups is 1. The molecule has 20 heavy (non-hydrogen) atoms. The Kier molecular flexibility index (Phi) is 3.53. The van der Waals surface area contributed by atoms with Crippen molar-refractivity contribution in [3.8, 4) is 0 Å². The van der Waals surface area contributed by atoms with E-state index in [2.05, 4.69) is 17.2 Å². The number of carbonyl (C=O) groups excluding carboxylic acids is 1. The van der Waals surface area contributed by atoms with Crippen molar-refractivity contribution in [2.24, 2.45) is 5.92 Å². The number of amides is 1. The Morgan fingerprint density at radius 2 is 2.35 bits per heavy atom. The van der Waals surface area contributed by atoms with Gasteiger partial charge in [-0.25, -0.2) is 9.37 Å². The number of aromatic nitrogens is 1. The van der Waals surface area contributed by atoms with E-state index in [0.29, 0.717) is 16.6 Å². The molecule has 104 valence electrons. The summed E-state index contributed by atoms with van der Waals surface area (Å²) in [6, 6.07) is 5.66. The van der Waals surface area contributed by atoms with Crippen LogP contribution in [0.15, 0.2) is 24.3 Å². The lowest BCUT2D eigenvalue weighted by atomic mass is 9.93. The van der Waals surface area contributed by atoms with E-state index in [1.165, 1.54) is 34.4 Å². The van der Waals surface area contributed by atoms with Gasteiger partial charge in [-0.3, -0.25) is 10.1 Å². The summed E-state index contributed by atoms with van der Waals surface area (Å²) in [6.45, 7) is 2.23. The molecule has 0 spiro atoms. The average Bonchev–Trinajstić information content (AvgIpc) is 2.80. The van der Waals surface area contributed by atoms with Crippen LogP contribution in [0, 0.1) is 11.7 Å². The van der Waals surface area contributed by atoms with E-state index in [1.54, 1.807) is 6.07 Å². The zero-order valence-corrected chi connectivity index (χ0v) is 12.0. The molecular weight excluding hydrogens is 275 g/mol. The molecule has 1 aliphatic rings. The van der Waals surface area contributed by atoms with Crippen molar-refractivity contribution in [1.82, 2.24) is 4.98 Å². The summed E-state index contributed by atoms with van der Waals surface area (Å²) in [4.78, 5) is 17.8. The minimum absolute atomic E-state index is 0.312. The van der Waals surface area contributed by atoms with Gasteiger partial charge in [-0.2, -0.15) is 0 Å². The van der Waals surface area contributed by atoms with Crippen molar-refractivity contribution < 1.29 is 9.18 Å². The number of aryl methyl sites for hydroxylation is 1. The molecule has 0 aliphatic heterocycles. The lowest BCUT2D eigenvalue weighted by Crippen LogP contribution is -2.12. The van der Waals surface area contributed by atoms with Crippen LogP contribution in [0.2, 0.25) is 0 Å². The number of fused-ring (bicyclic) bond motifs is 1. The van der Waals surface area contributed by atoms with Gasteiger partial charge in [-0.15, -0.1) is 11.3 Å². The van der Waals surface area contributed by atoms with Crippen LogP contribution < -0.4 is 5.32 Å². The molecule has 1 heterocycles. The monoisotopic (exact) mass is 290 g/mol. The van der Waals surface area contributed by atoms with Crippen molar-refractivity contribution in [3.05, 3.63) is 46.2 Å². The molecule has 1 aromatic heterocycles. The molecule has 0 unspecified atom stereocenters. The van der Waals surface area contributed by atoms with Gasteiger partial charge in [-0.05, 0) is 43.4 Å². The second kappa shape index (κ2) is 5.32. The third-order valence-corrected chi connectivity index (χ3v) is 4.53. The van der Waals surface area contributed by atoms with Crippen molar-refractivity contribution >= 4 is 22.4 Å². The molecule has 1 N–H and O–H groups in total. The van der Waals surface area contributed by atoms with Gasteiger partial charge >= 0.3 is 0 Å². The first-order valence-electron chi connectivity index (χ1n) is 6.67. The summed E-state index contributed by atoms with van der Waals surface area (Å²) in [5, 5.41) is 3.37. The van der Waals surface area contributed by atoms with Crippen LogP contribution >= 0.6 is 11.3 Å². The van der Waals surface area contributed by atoms with E-state index < -0.39 is 5.82 Å². The summed E-state index contributed by atoms with van der Waals surface area (Å²) < 4.78 is 13.1. The van der Waals surface area contributed by atoms with E-state index in [-0.39, 0.29) is 5.91 Å². The molecule has 0 fully saturated rings. The predicted octanol–water partition coefficient (Wildman–Crippen LogP) is 3.66. The number of thiazole rings is 1. The van der Waals surface area contributed by atoms with Crippen LogP contribution in [0.5, 0.6) is 0 Å². The summed E-state index contributed by atoms with van der Waals surface area (Å²) in [7, 11) is 0. The number of hydrogen-bond donors (Lipinski definition) is 1. The normalized spacial score (nSPS) is 17.6. The second-order valence-electron chi connectivity index (χ2n) is 5.20. The minimum atomic E-state index is -0.412. The fourth-order valence-electron chi connectivity index (χ4n) is 2.39. The first-order valence-corrected chi connectivity index (χ1v) is 7.49. The van der Waals surface area contributed by atoms with Gasteiger partial charge < -0.3 is 0 Å². The molecule has 1 aliphatic carbocycles. The Morgan fingerprint density at radius 1 is 1.50 bits per heavy atom. The minimum Gasteiger partial charge on any atom is -0.298 e. The Bertz CT molecular complexity index is 653. The quantitative estimate of drug-likeness (QED) is 0.917. The molecule has 3 rings (SSSR count). The molecule has 0 bridgehead atoms. The van der Waals surface area contributed by atoms with Crippen molar-refractivity contribution in [3.63, 3.8) is 0 Å². The number of anilines is 1. The maximum atomic E-state index is 13.1. The van der Waals surface area contributed by atoms with Gasteiger partial charge in [0.25, 0.3) is 5.91 Å². The van der Waals surface area contributed by atoms with Gasteiger partial charge in [-0.1, -0.05) is 13.0 Å². The maximum absolute atomic E-state index is 13.1. The molecule has 1 amide bonds. The van der Waals surface area contributed by atoms with Crippen LogP contribution in [-0.4, -0.2) is 10.9 Å². The maximum Gasteiger partial charge on any atom is 0.257 e. The van der Waals surface area contributed by atoms with E-state index >= 15 is 0 Å². The number of benzene rings is 1. The first-order chi connectivity index (χ1) is 9.61. The van der Waals surface area contributed by atoms with Gasteiger partial charge in [0.05, 0.1) is 5.69 Å². The van der Waals surface area contributed by atoms with Gasteiger partial charge in [0.15, 0.2) is 5.13 Å². The van der Waals surface area contributed by atoms with Crippen molar-refractivity contribution in [2.45, 2.75) is 26.2 Å². The number of nitrogens with one attached hydrogen (secondary N) is 1. The smallest absolute Gasteiger partial charge is 0.257 e. The fourth-order valence-corrected chi connectivity index (χ4v) is 3.56. The first kappa shape index (κ1) is 13.2. The van der Waals surface area contributed by atoms with Crippen LogP contribution in [0.25, 0.3) is 0 Å². The zero-order chi connectivity index (χ0) is 14.1. The van der Waals surface area contributed by atoms with Crippen molar-refractivity contribution in [1.29, 1.82) is 0 Å². The van der Waals surface area contributed by atoms with E-state index in [0.717, 1.165) is 25.0 Å². The van der Waals surface area contributed by atoms with Crippen molar-refractivity contribution in [2.75, 3.05) is 5.32 Å². The third kappa shape index (κ3) is 2.72. The Labute approximate surface area is 120 Å². The van der Waals surface area contributed by atoms with E-state index in [4.69, 9.17) is 0 Å². The third-order valence-electron chi connectivity index (χ3n) is 3.49. The predicted molar refractivity (Wildman–Crippen MR) is 77.7 cm³/mol. The van der Waals surface area contributed by atoms with Gasteiger partial charge in [0.2, 0.25) is 0 Å². The molecule has 2 aromatic rings.